The third-order valence-electron chi connectivity index (χ3n) is 5.97. The van der Waals surface area contributed by atoms with Crippen LogP contribution in [0.1, 0.15) is 64.1 Å². The molecule has 0 aliphatic carbocycles. The summed E-state index contributed by atoms with van der Waals surface area (Å²) in [5, 5.41) is 14.0. The molecular formula is C28H27N3O3. The second-order valence-electron chi connectivity index (χ2n) is 8.39. The summed E-state index contributed by atoms with van der Waals surface area (Å²) in [5.41, 5.74) is 3.71. The van der Waals surface area contributed by atoms with Gasteiger partial charge in [-0.05, 0) is 34.7 Å². The third-order valence-corrected chi connectivity index (χ3v) is 5.97. The Bertz CT molecular complexity index is 1290. The van der Waals surface area contributed by atoms with Gasteiger partial charge in [0, 0.05) is 12.3 Å². The van der Waals surface area contributed by atoms with Crippen LogP contribution in [0.15, 0.2) is 78.9 Å². The largest absolute Gasteiger partial charge is 0.478 e. The maximum absolute atomic E-state index is 12.8. The van der Waals surface area contributed by atoms with Crippen molar-refractivity contribution in [2.24, 2.45) is 0 Å². The first-order valence-corrected chi connectivity index (χ1v) is 11.4. The summed E-state index contributed by atoms with van der Waals surface area (Å²) < 4.78 is 1.81. The van der Waals surface area contributed by atoms with Crippen LogP contribution in [0.3, 0.4) is 0 Å². The van der Waals surface area contributed by atoms with E-state index in [9.17, 15) is 14.7 Å². The summed E-state index contributed by atoms with van der Waals surface area (Å²) in [4.78, 5) is 29.0. The van der Waals surface area contributed by atoms with E-state index in [1.54, 1.807) is 12.1 Å². The number of carboxylic acids is 1. The van der Waals surface area contributed by atoms with Gasteiger partial charge in [0.2, 0.25) is 11.6 Å². The molecule has 4 aromatic rings. The number of carbonyl (C=O) groups is 2. The molecule has 0 amide bonds. The van der Waals surface area contributed by atoms with E-state index in [0.717, 1.165) is 28.9 Å². The Labute approximate surface area is 198 Å². The van der Waals surface area contributed by atoms with E-state index in [-0.39, 0.29) is 29.5 Å². The molecule has 0 aliphatic heterocycles. The number of nitrogens with zero attached hydrogens (tertiary/aromatic N) is 3. The second kappa shape index (κ2) is 10.3. The molecule has 6 nitrogen and oxygen atoms in total. The van der Waals surface area contributed by atoms with Crippen molar-refractivity contribution >= 4 is 11.8 Å². The van der Waals surface area contributed by atoms with Gasteiger partial charge in [-0.25, -0.2) is 14.5 Å². The van der Waals surface area contributed by atoms with E-state index >= 15 is 0 Å². The van der Waals surface area contributed by atoms with Gasteiger partial charge >= 0.3 is 5.97 Å². The zero-order valence-corrected chi connectivity index (χ0v) is 19.3. The molecule has 0 radical (unpaired) electrons. The number of Topliss-reactive ketones (excluding diaryl/α,β-unsaturated/α-hetero) is 1. The highest BCUT2D eigenvalue weighted by molar-refractivity contribution is 5.96. The topological polar surface area (TPSA) is 85.1 Å². The van der Waals surface area contributed by atoms with Crippen LogP contribution >= 0.6 is 0 Å². The average molecular weight is 454 g/mol. The van der Waals surface area contributed by atoms with Crippen molar-refractivity contribution in [3.63, 3.8) is 0 Å². The van der Waals surface area contributed by atoms with Crippen molar-refractivity contribution in [3.05, 3.63) is 107 Å². The number of aromatic carboxylic acids is 1. The van der Waals surface area contributed by atoms with Gasteiger partial charge in [0.25, 0.3) is 0 Å². The Hall–Kier alpha value is -4.06. The SMILES string of the molecule is CCC(C)c1nc(C(=O)Cc2ccccc2)nn1Cc1ccc(-c2ccccc2C(=O)O)cc1. The molecule has 1 N–H and O–H groups in total. The van der Waals surface area contributed by atoms with E-state index in [0.29, 0.717) is 12.1 Å². The predicted molar refractivity (Wildman–Crippen MR) is 131 cm³/mol. The smallest absolute Gasteiger partial charge is 0.336 e. The lowest BCUT2D eigenvalue weighted by Gasteiger charge is -2.11. The quantitative estimate of drug-likeness (QED) is 0.332. The first kappa shape index (κ1) is 23.1. The summed E-state index contributed by atoms with van der Waals surface area (Å²) in [5.74, 6) is 0.140. The minimum Gasteiger partial charge on any atom is -0.478 e. The van der Waals surface area contributed by atoms with Crippen LogP contribution in [-0.2, 0) is 13.0 Å². The zero-order valence-electron chi connectivity index (χ0n) is 19.3. The fourth-order valence-corrected chi connectivity index (χ4v) is 3.88. The van der Waals surface area contributed by atoms with Crippen molar-refractivity contribution in [3.8, 4) is 11.1 Å². The fourth-order valence-electron chi connectivity index (χ4n) is 3.88. The van der Waals surface area contributed by atoms with Crippen LogP contribution in [0, 0.1) is 0 Å². The normalized spacial score (nSPS) is 11.8. The highest BCUT2D eigenvalue weighted by Gasteiger charge is 2.20. The number of benzene rings is 3. The summed E-state index contributed by atoms with van der Waals surface area (Å²) in [6, 6.07) is 24.3. The standard InChI is InChI=1S/C28H27N3O3/c1-3-19(2)27-29-26(25(32)17-20-9-5-4-6-10-20)30-31(27)18-21-13-15-22(16-14-21)23-11-7-8-12-24(23)28(33)34/h4-16,19H,3,17-18H2,1-2H3,(H,33,34). The maximum Gasteiger partial charge on any atom is 0.336 e. The molecular weight excluding hydrogens is 426 g/mol. The molecule has 4 rings (SSSR count). The molecule has 1 atom stereocenters. The van der Waals surface area contributed by atoms with E-state index < -0.39 is 5.97 Å². The van der Waals surface area contributed by atoms with Crippen molar-refractivity contribution in [1.82, 2.24) is 14.8 Å². The minimum atomic E-state index is -0.951. The number of carbonyl (C=O) groups excluding carboxylic acids is 1. The van der Waals surface area contributed by atoms with E-state index in [1.807, 2.05) is 71.4 Å². The van der Waals surface area contributed by atoms with E-state index in [4.69, 9.17) is 0 Å². The first-order valence-electron chi connectivity index (χ1n) is 11.4. The van der Waals surface area contributed by atoms with Crippen molar-refractivity contribution < 1.29 is 14.7 Å². The lowest BCUT2D eigenvalue weighted by molar-refractivity contribution is 0.0697. The molecule has 0 bridgehead atoms. The van der Waals surface area contributed by atoms with E-state index in [1.165, 1.54) is 0 Å². The number of hydrogen-bond acceptors (Lipinski definition) is 4. The number of ketones is 1. The van der Waals surface area contributed by atoms with E-state index in [2.05, 4.69) is 23.9 Å². The van der Waals surface area contributed by atoms with Gasteiger partial charge in [0.05, 0.1) is 12.1 Å². The highest BCUT2D eigenvalue weighted by Crippen LogP contribution is 2.25. The third kappa shape index (κ3) is 5.12. The molecule has 6 heteroatoms. The fraction of sp³-hybridized carbons (Fsp3) is 0.214. The molecule has 3 aromatic carbocycles. The van der Waals surface area contributed by atoms with Crippen LogP contribution < -0.4 is 0 Å². The molecule has 0 fully saturated rings. The highest BCUT2D eigenvalue weighted by atomic mass is 16.4. The molecule has 0 saturated heterocycles. The van der Waals surface area contributed by atoms with Crippen LogP contribution in [0.4, 0.5) is 0 Å². The van der Waals surface area contributed by atoms with Crippen molar-refractivity contribution in [2.45, 2.75) is 39.2 Å². The Balaban J connectivity index is 1.58. The summed E-state index contributed by atoms with van der Waals surface area (Å²) in [6.07, 6.45) is 1.15. The molecule has 0 saturated carbocycles. The number of rotatable bonds is 9. The average Bonchev–Trinajstić information content (AvgIpc) is 3.28. The summed E-state index contributed by atoms with van der Waals surface area (Å²) >= 11 is 0. The molecule has 1 aromatic heterocycles. The van der Waals surface area contributed by atoms with Gasteiger partial charge in [-0.3, -0.25) is 4.79 Å². The van der Waals surface area contributed by atoms with Gasteiger partial charge in [-0.2, -0.15) is 0 Å². The van der Waals surface area contributed by atoms with Crippen LogP contribution in [0.5, 0.6) is 0 Å². The second-order valence-corrected chi connectivity index (χ2v) is 8.39. The predicted octanol–water partition coefficient (Wildman–Crippen LogP) is 5.63. The summed E-state index contributed by atoms with van der Waals surface area (Å²) in [7, 11) is 0. The maximum atomic E-state index is 12.8. The van der Waals surface area contributed by atoms with Crippen molar-refractivity contribution in [1.29, 1.82) is 0 Å². The molecule has 1 unspecified atom stereocenters. The number of hydrogen-bond donors (Lipinski definition) is 1. The van der Waals surface area contributed by atoms with Gasteiger partial charge in [-0.15, -0.1) is 5.10 Å². The van der Waals surface area contributed by atoms with Gasteiger partial charge in [-0.1, -0.05) is 86.6 Å². The minimum absolute atomic E-state index is 0.102. The first-order chi connectivity index (χ1) is 16.5. The van der Waals surface area contributed by atoms with Crippen LogP contribution in [0.25, 0.3) is 11.1 Å². The Morgan fingerprint density at radius 3 is 2.26 bits per heavy atom. The van der Waals surface area contributed by atoms with Crippen LogP contribution in [0.2, 0.25) is 0 Å². The molecule has 0 spiro atoms. The summed E-state index contributed by atoms with van der Waals surface area (Å²) in [6.45, 7) is 4.65. The monoisotopic (exact) mass is 453 g/mol. The lowest BCUT2D eigenvalue weighted by Crippen LogP contribution is -2.10. The van der Waals surface area contributed by atoms with Gasteiger partial charge < -0.3 is 5.11 Å². The Kier molecular flexibility index (Phi) is 6.97. The van der Waals surface area contributed by atoms with Gasteiger partial charge in [0.1, 0.15) is 5.82 Å². The zero-order chi connectivity index (χ0) is 24.1. The molecule has 34 heavy (non-hydrogen) atoms. The Morgan fingerprint density at radius 1 is 0.912 bits per heavy atom. The Morgan fingerprint density at radius 2 is 1.59 bits per heavy atom. The lowest BCUT2D eigenvalue weighted by atomic mass is 9.99. The molecule has 172 valence electrons. The van der Waals surface area contributed by atoms with Crippen molar-refractivity contribution in [2.75, 3.05) is 0 Å². The number of aromatic nitrogens is 3. The molecule has 1 heterocycles. The van der Waals surface area contributed by atoms with Gasteiger partial charge in [0.15, 0.2) is 0 Å². The molecule has 0 aliphatic rings. The number of carboxylic acid groups (broad SMARTS) is 1. The van der Waals surface area contributed by atoms with Crippen LogP contribution in [-0.4, -0.2) is 31.6 Å².